The maximum absolute atomic E-state index is 13.6. The van der Waals surface area contributed by atoms with E-state index in [2.05, 4.69) is 24.0 Å². The molecule has 0 spiro atoms. The third-order valence-electron chi connectivity index (χ3n) is 6.83. The first-order valence-electron chi connectivity index (χ1n) is 12.1. The molecular weight excluding hydrogens is 452 g/mol. The Kier molecular flexibility index (Phi) is 9.07. The minimum Gasteiger partial charge on any atom is -0.299 e. The number of nitrogens with zero attached hydrogens (tertiary/aromatic N) is 1. The second-order valence-corrected chi connectivity index (χ2v) is 9.36. The third-order valence-corrected chi connectivity index (χ3v) is 6.83. The minimum absolute atomic E-state index is 0.0554. The van der Waals surface area contributed by atoms with Crippen LogP contribution >= 0.6 is 0 Å². The van der Waals surface area contributed by atoms with Crippen molar-refractivity contribution in [3.8, 4) is 0 Å². The summed E-state index contributed by atoms with van der Waals surface area (Å²) in [5, 5.41) is 0. The Balaban J connectivity index is 1.65. The Morgan fingerprint density at radius 3 is 1.88 bits per heavy atom. The van der Waals surface area contributed by atoms with Crippen molar-refractivity contribution in [1.82, 2.24) is 4.90 Å². The molecule has 0 aliphatic heterocycles. The van der Waals surface area contributed by atoms with Gasteiger partial charge < -0.3 is 0 Å². The van der Waals surface area contributed by atoms with E-state index in [1.165, 1.54) is 17.7 Å². The summed E-state index contributed by atoms with van der Waals surface area (Å²) in [6.45, 7) is 4.82. The second kappa shape index (κ2) is 11.6. The monoisotopic (exact) mass is 485 g/mol. The molecule has 1 saturated carbocycles. The van der Waals surface area contributed by atoms with Crippen LogP contribution in [0.4, 0.5) is 26.3 Å². The van der Waals surface area contributed by atoms with Gasteiger partial charge in [-0.3, -0.25) is 4.90 Å². The molecule has 2 aromatic rings. The number of rotatable bonds is 9. The predicted octanol–water partition coefficient (Wildman–Crippen LogP) is 8.16. The van der Waals surface area contributed by atoms with Gasteiger partial charge in [0.25, 0.3) is 0 Å². The van der Waals surface area contributed by atoms with Gasteiger partial charge in [0.2, 0.25) is 0 Å². The van der Waals surface area contributed by atoms with Gasteiger partial charge in [0.15, 0.2) is 0 Å². The van der Waals surface area contributed by atoms with Crippen LogP contribution < -0.4 is 0 Å². The van der Waals surface area contributed by atoms with Gasteiger partial charge in [0.1, 0.15) is 0 Å². The quantitative estimate of drug-likeness (QED) is 0.324. The van der Waals surface area contributed by atoms with Crippen LogP contribution in [0.15, 0.2) is 54.6 Å². The lowest BCUT2D eigenvalue weighted by atomic mass is 9.68. The zero-order valence-corrected chi connectivity index (χ0v) is 19.5. The molecule has 34 heavy (non-hydrogen) atoms. The number of halogens is 6. The summed E-state index contributed by atoms with van der Waals surface area (Å²) < 4.78 is 81.6. The zero-order valence-electron chi connectivity index (χ0n) is 19.5. The van der Waals surface area contributed by atoms with Crippen LogP contribution in [-0.4, -0.2) is 30.3 Å². The normalized spacial score (nSPS) is 21.7. The van der Waals surface area contributed by atoms with Crippen LogP contribution in [0.1, 0.15) is 61.6 Å². The van der Waals surface area contributed by atoms with E-state index in [4.69, 9.17) is 0 Å². The zero-order chi connectivity index (χ0) is 24.8. The Hall–Kier alpha value is -2.02. The van der Waals surface area contributed by atoms with E-state index in [0.717, 1.165) is 44.5 Å². The SMILES string of the molecule is CCCN(CCCc1ccc(C2C(C(F)(F)F)CCCC2C(F)(F)F)cc1)Cc1ccccc1. The lowest BCUT2D eigenvalue weighted by Gasteiger charge is -2.40. The van der Waals surface area contributed by atoms with Gasteiger partial charge in [-0.05, 0) is 61.9 Å². The first kappa shape index (κ1) is 26.6. The fraction of sp³-hybridized carbons (Fsp3) is 0.556. The molecular formula is C27H33F6N. The highest BCUT2D eigenvalue weighted by molar-refractivity contribution is 5.28. The van der Waals surface area contributed by atoms with Crippen LogP contribution in [0.2, 0.25) is 0 Å². The third kappa shape index (κ3) is 7.24. The first-order valence-corrected chi connectivity index (χ1v) is 12.1. The highest BCUT2D eigenvalue weighted by atomic mass is 19.4. The van der Waals surface area contributed by atoms with Crippen molar-refractivity contribution >= 4 is 0 Å². The van der Waals surface area contributed by atoms with E-state index in [-0.39, 0.29) is 24.8 Å². The number of aryl methyl sites for hydroxylation is 1. The maximum atomic E-state index is 13.6. The fourth-order valence-electron chi connectivity index (χ4n) is 5.24. The standard InChI is InChI=1S/C27H33F6N/c1-2-17-34(19-21-8-4-3-5-9-21)18-7-10-20-13-15-22(16-14-20)25-23(26(28,29)30)11-6-12-24(25)27(31,32)33/h3-5,8-9,13-16,23-25H,2,6-7,10-12,17-19H2,1H3. The highest BCUT2D eigenvalue weighted by Gasteiger charge is 2.56. The molecule has 2 unspecified atom stereocenters. The molecule has 1 aliphatic rings. The van der Waals surface area contributed by atoms with E-state index < -0.39 is 30.1 Å². The van der Waals surface area contributed by atoms with Crippen molar-refractivity contribution in [3.05, 3.63) is 71.3 Å². The topological polar surface area (TPSA) is 3.24 Å². The maximum Gasteiger partial charge on any atom is 0.392 e. The summed E-state index contributed by atoms with van der Waals surface area (Å²) in [6.07, 6.45) is -7.22. The molecule has 0 amide bonds. The summed E-state index contributed by atoms with van der Waals surface area (Å²) in [5.41, 5.74) is 2.32. The van der Waals surface area contributed by atoms with Crippen LogP contribution in [0.3, 0.4) is 0 Å². The molecule has 0 radical (unpaired) electrons. The molecule has 0 bridgehead atoms. The predicted molar refractivity (Wildman–Crippen MR) is 122 cm³/mol. The van der Waals surface area contributed by atoms with E-state index >= 15 is 0 Å². The lowest BCUT2D eigenvalue weighted by Crippen LogP contribution is -2.42. The second-order valence-electron chi connectivity index (χ2n) is 9.36. The lowest BCUT2D eigenvalue weighted by molar-refractivity contribution is -0.231. The first-order chi connectivity index (χ1) is 16.1. The van der Waals surface area contributed by atoms with Crippen LogP contribution in [0, 0.1) is 11.8 Å². The minimum atomic E-state index is -4.64. The number of hydrogen-bond acceptors (Lipinski definition) is 1. The molecule has 0 saturated heterocycles. The van der Waals surface area contributed by atoms with Crippen LogP contribution in [-0.2, 0) is 13.0 Å². The highest BCUT2D eigenvalue weighted by Crippen LogP contribution is 2.53. The number of alkyl halides is 6. The summed E-state index contributed by atoms with van der Waals surface area (Å²) in [5.74, 6) is -5.49. The summed E-state index contributed by atoms with van der Waals surface area (Å²) >= 11 is 0. The Morgan fingerprint density at radius 1 is 0.765 bits per heavy atom. The molecule has 188 valence electrons. The molecule has 1 nitrogen and oxygen atoms in total. The van der Waals surface area contributed by atoms with E-state index in [0.29, 0.717) is 0 Å². The van der Waals surface area contributed by atoms with Gasteiger partial charge in [-0.2, -0.15) is 26.3 Å². The van der Waals surface area contributed by atoms with Crippen molar-refractivity contribution in [2.45, 2.75) is 70.3 Å². The fourth-order valence-corrected chi connectivity index (χ4v) is 5.24. The van der Waals surface area contributed by atoms with E-state index in [9.17, 15) is 26.3 Å². The Bertz CT molecular complexity index is 837. The summed E-state index contributed by atoms with van der Waals surface area (Å²) in [6, 6.07) is 16.6. The van der Waals surface area contributed by atoms with E-state index in [1.54, 1.807) is 12.1 Å². The van der Waals surface area contributed by atoms with Crippen LogP contribution in [0.25, 0.3) is 0 Å². The summed E-state index contributed by atoms with van der Waals surface area (Å²) in [4.78, 5) is 2.37. The van der Waals surface area contributed by atoms with Crippen molar-refractivity contribution < 1.29 is 26.3 Å². The van der Waals surface area contributed by atoms with Crippen molar-refractivity contribution in [1.29, 1.82) is 0 Å². The number of benzene rings is 2. The smallest absolute Gasteiger partial charge is 0.299 e. The molecule has 3 rings (SSSR count). The molecule has 0 aromatic heterocycles. The van der Waals surface area contributed by atoms with Gasteiger partial charge in [-0.15, -0.1) is 0 Å². The molecule has 1 fully saturated rings. The number of hydrogen-bond donors (Lipinski definition) is 0. The van der Waals surface area contributed by atoms with Crippen molar-refractivity contribution in [3.63, 3.8) is 0 Å². The van der Waals surface area contributed by atoms with Gasteiger partial charge >= 0.3 is 12.4 Å². The molecule has 2 atom stereocenters. The molecule has 2 aromatic carbocycles. The average Bonchev–Trinajstić information content (AvgIpc) is 2.79. The van der Waals surface area contributed by atoms with Gasteiger partial charge in [0, 0.05) is 12.5 Å². The van der Waals surface area contributed by atoms with Crippen LogP contribution in [0.5, 0.6) is 0 Å². The largest absolute Gasteiger partial charge is 0.392 e. The van der Waals surface area contributed by atoms with Gasteiger partial charge in [-0.25, -0.2) is 0 Å². The van der Waals surface area contributed by atoms with Gasteiger partial charge in [0.05, 0.1) is 11.8 Å². The molecule has 1 aliphatic carbocycles. The van der Waals surface area contributed by atoms with E-state index in [1.807, 2.05) is 18.2 Å². The summed E-state index contributed by atoms with van der Waals surface area (Å²) in [7, 11) is 0. The van der Waals surface area contributed by atoms with Crippen molar-refractivity contribution in [2.24, 2.45) is 11.8 Å². The Morgan fingerprint density at radius 2 is 1.35 bits per heavy atom. The average molecular weight is 486 g/mol. The molecule has 7 heteroatoms. The Labute approximate surface area is 198 Å². The molecule has 0 N–H and O–H groups in total. The van der Waals surface area contributed by atoms with Gasteiger partial charge in [-0.1, -0.05) is 67.9 Å². The molecule has 0 heterocycles. The van der Waals surface area contributed by atoms with Crippen molar-refractivity contribution in [2.75, 3.05) is 13.1 Å².